The molecule has 102 valence electrons. The molecular weight excluding hydrogens is 252 g/mol. The highest BCUT2D eigenvalue weighted by atomic mass is 16.5. The summed E-state index contributed by atoms with van der Waals surface area (Å²) in [6, 6.07) is 13.3. The second-order valence-corrected chi connectivity index (χ2v) is 4.97. The molecule has 0 atom stereocenters. The lowest BCUT2D eigenvalue weighted by Crippen LogP contribution is -1.99. The highest BCUT2D eigenvalue weighted by molar-refractivity contribution is 6.01. The van der Waals surface area contributed by atoms with E-state index >= 15 is 0 Å². The number of aliphatic hydroxyl groups is 1. The van der Waals surface area contributed by atoms with E-state index < -0.39 is 0 Å². The predicted molar refractivity (Wildman–Crippen MR) is 75.8 cm³/mol. The summed E-state index contributed by atoms with van der Waals surface area (Å²) in [6.45, 7) is 0.520. The van der Waals surface area contributed by atoms with Crippen LogP contribution in [0.15, 0.2) is 42.5 Å². The molecule has 20 heavy (non-hydrogen) atoms. The summed E-state index contributed by atoms with van der Waals surface area (Å²) >= 11 is 0. The Morgan fingerprint density at radius 3 is 2.50 bits per heavy atom. The molecule has 3 nitrogen and oxygen atoms in total. The number of rotatable bonds is 4. The lowest BCUT2D eigenvalue weighted by molar-refractivity contribution is 0.0994. The molecule has 0 saturated heterocycles. The van der Waals surface area contributed by atoms with Crippen molar-refractivity contribution in [1.82, 2.24) is 0 Å². The first kappa shape index (κ1) is 12.9. The summed E-state index contributed by atoms with van der Waals surface area (Å²) in [4.78, 5) is 11.7. The van der Waals surface area contributed by atoms with Crippen molar-refractivity contribution >= 4 is 5.78 Å². The fraction of sp³-hybridized carbons (Fsp3) is 0.235. The largest absolute Gasteiger partial charge is 0.489 e. The SMILES string of the molecule is O=C1CCc2c(OCc3ccc(CO)cc3)cccc21. The molecule has 3 heteroatoms. The van der Waals surface area contributed by atoms with E-state index in [4.69, 9.17) is 9.84 Å². The molecule has 0 unspecified atom stereocenters. The number of Topliss-reactive ketones (excluding diaryl/α,β-unsaturated/α-hetero) is 1. The summed E-state index contributed by atoms with van der Waals surface area (Å²) < 4.78 is 5.84. The highest BCUT2D eigenvalue weighted by Gasteiger charge is 2.22. The van der Waals surface area contributed by atoms with E-state index in [0.717, 1.165) is 34.4 Å². The second-order valence-electron chi connectivity index (χ2n) is 4.97. The van der Waals surface area contributed by atoms with Gasteiger partial charge in [0, 0.05) is 17.5 Å². The predicted octanol–water partition coefficient (Wildman–Crippen LogP) is 2.89. The molecule has 2 aromatic carbocycles. The molecule has 0 saturated carbocycles. The number of ketones is 1. The Labute approximate surface area is 117 Å². The van der Waals surface area contributed by atoms with E-state index in [0.29, 0.717) is 13.0 Å². The van der Waals surface area contributed by atoms with Gasteiger partial charge in [0.05, 0.1) is 6.61 Å². The van der Waals surface area contributed by atoms with Gasteiger partial charge in [-0.2, -0.15) is 0 Å². The van der Waals surface area contributed by atoms with Crippen molar-refractivity contribution < 1.29 is 14.6 Å². The molecule has 0 bridgehead atoms. The Hall–Kier alpha value is -2.13. The minimum Gasteiger partial charge on any atom is -0.489 e. The zero-order chi connectivity index (χ0) is 13.9. The first-order valence-corrected chi connectivity index (χ1v) is 6.74. The molecule has 3 rings (SSSR count). The first-order valence-electron chi connectivity index (χ1n) is 6.74. The van der Waals surface area contributed by atoms with Gasteiger partial charge in [0.25, 0.3) is 0 Å². The fourth-order valence-electron chi connectivity index (χ4n) is 2.50. The Morgan fingerprint density at radius 2 is 1.75 bits per heavy atom. The molecule has 0 radical (unpaired) electrons. The maximum absolute atomic E-state index is 11.7. The van der Waals surface area contributed by atoms with Gasteiger partial charge >= 0.3 is 0 Å². The Morgan fingerprint density at radius 1 is 1.00 bits per heavy atom. The number of carbonyl (C=O) groups is 1. The standard InChI is InChI=1S/C17H16O3/c18-10-12-4-6-13(7-5-12)11-20-17-3-1-2-14-15(17)8-9-16(14)19/h1-7,18H,8-11H2. The number of ether oxygens (including phenoxy) is 1. The number of carbonyl (C=O) groups excluding carboxylic acids is 1. The lowest BCUT2D eigenvalue weighted by atomic mass is 10.1. The van der Waals surface area contributed by atoms with Crippen LogP contribution in [0.1, 0.15) is 33.5 Å². The zero-order valence-corrected chi connectivity index (χ0v) is 11.1. The molecule has 0 aliphatic heterocycles. The van der Waals surface area contributed by atoms with Crippen LogP contribution in [0.5, 0.6) is 5.75 Å². The van der Waals surface area contributed by atoms with Gasteiger partial charge in [0.2, 0.25) is 0 Å². The first-order chi connectivity index (χ1) is 9.78. The third kappa shape index (κ3) is 2.45. The monoisotopic (exact) mass is 268 g/mol. The molecule has 1 aliphatic carbocycles. The molecule has 0 aromatic heterocycles. The highest BCUT2D eigenvalue weighted by Crippen LogP contribution is 2.30. The Balaban J connectivity index is 1.74. The summed E-state index contributed by atoms with van der Waals surface area (Å²) in [5.74, 6) is 1.01. The van der Waals surface area contributed by atoms with E-state index in [1.807, 2.05) is 42.5 Å². The maximum Gasteiger partial charge on any atom is 0.163 e. The van der Waals surface area contributed by atoms with Crippen LogP contribution in [0, 0.1) is 0 Å². The third-order valence-electron chi connectivity index (χ3n) is 3.64. The van der Waals surface area contributed by atoms with Gasteiger partial charge in [0.1, 0.15) is 12.4 Å². The maximum atomic E-state index is 11.7. The van der Waals surface area contributed by atoms with Gasteiger partial charge < -0.3 is 9.84 Å². The fourth-order valence-corrected chi connectivity index (χ4v) is 2.50. The number of hydrogen-bond acceptors (Lipinski definition) is 3. The summed E-state index contributed by atoms with van der Waals surface area (Å²) in [6.07, 6.45) is 1.36. The summed E-state index contributed by atoms with van der Waals surface area (Å²) in [5.41, 5.74) is 3.77. The van der Waals surface area contributed by atoms with Crippen LogP contribution in [0.3, 0.4) is 0 Å². The average molecular weight is 268 g/mol. The molecule has 2 aromatic rings. The van der Waals surface area contributed by atoms with Crippen LogP contribution in [0.25, 0.3) is 0 Å². The van der Waals surface area contributed by atoms with E-state index in [-0.39, 0.29) is 12.4 Å². The summed E-state index contributed by atoms with van der Waals surface area (Å²) in [7, 11) is 0. The zero-order valence-electron chi connectivity index (χ0n) is 11.1. The van der Waals surface area contributed by atoms with E-state index in [1.165, 1.54) is 0 Å². The molecule has 0 fully saturated rings. The lowest BCUT2D eigenvalue weighted by Gasteiger charge is -2.10. The van der Waals surface area contributed by atoms with Crippen molar-refractivity contribution in [3.05, 3.63) is 64.7 Å². The quantitative estimate of drug-likeness (QED) is 0.927. The van der Waals surface area contributed by atoms with Crippen LogP contribution >= 0.6 is 0 Å². The number of aliphatic hydroxyl groups excluding tert-OH is 1. The van der Waals surface area contributed by atoms with Crippen LogP contribution in [0.4, 0.5) is 0 Å². The molecule has 1 aliphatic rings. The Kier molecular flexibility index (Phi) is 3.52. The summed E-state index contributed by atoms with van der Waals surface area (Å²) in [5, 5.41) is 9.00. The van der Waals surface area contributed by atoms with Crippen molar-refractivity contribution in [2.24, 2.45) is 0 Å². The molecular formula is C17H16O3. The number of hydrogen-bond donors (Lipinski definition) is 1. The second kappa shape index (κ2) is 5.47. The minimum atomic E-state index is 0.0510. The van der Waals surface area contributed by atoms with E-state index in [2.05, 4.69) is 0 Å². The van der Waals surface area contributed by atoms with Crippen molar-refractivity contribution in [2.45, 2.75) is 26.1 Å². The van der Waals surface area contributed by atoms with Gasteiger partial charge in [-0.1, -0.05) is 36.4 Å². The minimum absolute atomic E-state index is 0.0510. The number of fused-ring (bicyclic) bond motifs is 1. The van der Waals surface area contributed by atoms with Crippen molar-refractivity contribution in [1.29, 1.82) is 0 Å². The number of benzene rings is 2. The van der Waals surface area contributed by atoms with Gasteiger partial charge in [-0.3, -0.25) is 4.79 Å². The topological polar surface area (TPSA) is 46.5 Å². The molecule has 0 spiro atoms. The van der Waals surface area contributed by atoms with Gasteiger partial charge in [-0.05, 0) is 23.6 Å². The molecule has 0 heterocycles. The normalized spacial score (nSPS) is 13.3. The van der Waals surface area contributed by atoms with E-state index in [9.17, 15) is 4.79 Å². The van der Waals surface area contributed by atoms with Gasteiger partial charge in [0.15, 0.2) is 5.78 Å². The smallest absolute Gasteiger partial charge is 0.163 e. The van der Waals surface area contributed by atoms with Gasteiger partial charge in [-0.15, -0.1) is 0 Å². The molecule has 1 N–H and O–H groups in total. The van der Waals surface area contributed by atoms with Crippen molar-refractivity contribution in [2.75, 3.05) is 0 Å². The van der Waals surface area contributed by atoms with Gasteiger partial charge in [-0.25, -0.2) is 0 Å². The van der Waals surface area contributed by atoms with Crippen LogP contribution < -0.4 is 4.74 Å². The average Bonchev–Trinajstić information content (AvgIpc) is 2.88. The van der Waals surface area contributed by atoms with Crippen LogP contribution in [-0.2, 0) is 19.6 Å². The van der Waals surface area contributed by atoms with Crippen molar-refractivity contribution in [3.63, 3.8) is 0 Å². The van der Waals surface area contributed by atoms with E-state index in [1.54, 1.807) is 0 Å². The third-order valence-corrected chi connectivity index (χ3v) is 3.64. The van der Waals surface area contributed by atoms with Crippen LogP contribution in [0.2, 0.25) is 0 Å². The molecule has 0 amide bonds. The Bertz CT molecular complexity index is 629. The van der Waals surface area contributed by atoms with Crippen LogP contribution in [-0.4, -0.2) is 10.9 Å². The van der Waals surface area contributed by atoms with Crippen molar-refractivity contribution in [3.8, 4) is 5.75 Å².